The second-order valence-corrected chi connectivity index (χ2v) is 3.27. The Morgan fingerprint density at radius 1 is 0.917 bits per heavy atom. The average Bonchev–Trinajstić information content (AvgIpc) is 2.10. The fourth-order valence-electron chi connectivity index (χ4n) is 1.01. The Bertz CT molecular complexity index is 68.9. The van der Waals surface area contributed by atoms with Gasteiger partial charge in [0.1, 0.15) is 0 Å². The second-order valence-electron chi connectivity index (χ2n) is 2.83. The van der Waals surface area contributed by atoms with Gasteiger partial charge in [-0.2, -0.15) is 12.6 Å². The number of thiol groups is 1. The number of hydrogen-bond acceptors (Lipinski definition) is 3. The molecular weight excluding hydrogens is 172 g/mol. The molecule has 0 aliphatic heterocycles. The van der Waals surface area contributed by atoms with Crippen LogP contribution in [-0.2, 0) is 4.74 Å². The molecule has 0 heterocycles. The molecule has 74 valence electrons. The van der Waals surface area contributed by atoms with Crippen LogP contribution in [0.3, 0.4) is 0 Å². The number of aliphatic hydroxyl groups excluding tert-OH is 1. The lowest BCUT2D eigenvalue weighted by molar-refractivity contribution is 0.145. The van der Waals surface area contributed by atoms with Crippen molar-refractivity contribution in [1.29, 1.82) is 0 Å². The zero-order valence-corrected chi connectivity index (χ0v) is 8.56. The number of unbranched alkanes of at least 4 members (excludes halogenated alkanes) is 4. The molecule has 0 radical (unpaired) electrons. The minimum Gasteiger partial charge on any atom is -0.396 e. The van der Waals surface area contributed by atoms with E-state index in [1.165, 1.54) is 12.8 Å². The number of hydrogen-bond donors (Lipinski definition) is 2. The highest BCUT2D eigenvalue weighted by Crippen LogP contribution is 2.02. The maximum atomic E-state index is 8.51. The maximum absolute atomic E-state index is 8.51. The van der Waals surface area contributed by atoms with Gasteiger partial charge >= 0.3 is 0 Å². The Labute approximate surface area is 80.7 Å². The molecule has 0 amide bonds. The molecule has 2 nitrogen and oxygen atoms in total. The molecule has 0 aromatic heterocycles. The largest absolute Gasteiger partial charge is 0.396 e. The summed E-state index contributed by atoms with van der Waals surface area (Å²) in [5.74, 6) is 0.810. The second kappa shape index (κ2) is 11.3. The van der Waals surface area contributed by atoms with Crippen LogP contribution < -0.4 is 0 Å². The van der Waals surface area contributed by atoms with Gasteiger partial charge in [0.05, 0.1) is 6.61 Å². The van der Waals surface area contributed by atoms with Gasteiger partial charge in [-0.25, -0.2) is 0 Å². The molecule has 0 saturated carbocycles. The van der Waals surface area contributed by atoms with Gasteiger partial charge < -0.3 is 9.84 Å². The number of ether oxygens (including phenoxy) is 1. The van der Waals surface area contributed by atoms with Crippen LogP contribution in [0.25, 0.3) is 0 Å². The van der Waals surface area contributed by atoms with Gasteiger partial charge in [0.25, 0.3) is 0 Å². The molecule has 1 N–H and O–H groups in total. The minimum absolute atomic E-state index is 0.330. The van der Waals surface area contributed by atoms with E-state index in [1.54, 1.807) is 0 Å². The van der Waals surface area contributed by atoms with Crippen LogP contribution >= 0.6 is 12.6 Å². The van der Waals surface area contributed by atoms with E-state index >= 15 is 0 Å². The molecular formula is C9H20O2S. The molecule has 0 aromatic carbocycles. The normalized spacial score (nSPS) is 10.5. The first-order chi connectivity index (χ1) is 5.91. The van der Waals surface area contributed by atoms with Crippen LogP contribution in [0.4, 0.5) is 0 Å². The van der Waals surface area contributed by atoms with Gasteiger partial charge in [0.2, 0.25) is 0 Å². The Kier molecular flexibility index (Phi) is 11.5. The zero-order chi connectivity index (χ0) is 9.07. The number of aliphatic hydroxyl groups is 1. The smallest absolute Gasteiger partial charge is 0.0554 e. The molecule has 0 rings (SSSR count). The van der Waals surface area contributed by atoms with Gasteiger partial charge in [0.15, 0.2) is 0 Å². The van der Waals surface area contributed by atoms with Crippen LogP contribution in [0.1, 0.15) is 32.1 Å². The topological polar surface area (TPSA) is 29.5 Å². The van der Waals surface area contributed by atoms with Crippen LogP contribution in [0.2, 0.25) is 0 Å². The van der Waals surface area contributed by atoms with E-state index in [2.05, 4.69) is 12.6 Å². The first-order valence-corrected chi connectivity index (χ1v) is 5.34. The lowest BCUT2D eigenvalue weighted by Crippen LogP contribution is -1.97. The highest BCUT2D eigenvalue weighted by atomic mass is 32.1. The molecule has 0 aromatic rings. The Hall–Kier alpha value is 0.270. The highest BCUT2D eigenvalue weighted by Gasteiger charge is 1.90. The van der Waals surface area contributed by atoms with E-state index in [4.69, 9.17) is 9.84 Å². The summed E-state index contributed by atoms with van der Waals surface area (Å²) in [5.41, 5.74) is 0. The van der Waals surface area contributed by atoms with Crippen LogP contribution in [0, 0.1) is 0 Å². The summed E-state index contributed by atoms with van der Waals surface area (Å²) >= 11 is 4.04. The molecule has 0 aliphatic carbocycles. The Morgan fingerprint density at radius 2 is 1.58 bits per heavy atom. The monoisotopic (exact) mass is 192 g/mol. The lowest BCUT2D eigenvalue weighted by Gasteiger charge is -2.01. The van der Waals surface area contributed by atoms with Gasteiger partial charge in [-0.05, 0) is 12.8 Å². The van der Waals surface area contributed by atoms with E-state index in [1.807, 2.05) is 0 Å². The summed E-state index contributed by atoms with van der Waals surface area (Å²) in [7, 11) is 0. The van der Waals surface area contributed by atoms with E-state index in [-0.39, 0.29) is 0 Å². The first-order valence-electron chi connectivity index (χ1n) is 4.71. The zero-order valence-electron chi connectivity index (χ0n) is 7.67. The molecule has 0 bridgehead atoms. The minimum atomic E-state index is 0.330. The van der Waals surface area contributed by atoms with Gasteiger partial charge in [-0.1, -0.05) is 19.3 Å². The highest BCUT2D eigenvalue weighted by molar-refractivity contribution is 7.80. The molecule has 12 heavy (non-hydrogen) atoms. The Balaban J connectivity index is 2.73. The summed E-state index contributed by atoms with van der Waals surface area (Å²) in [5, 5.41) is 8.51. The molecule has 0 saturated heterocycles. The summed E-state index contributed by atoms with van der Waals surface area (Å²) in [6, 6.07) is 0. The standard InChI is InChI=1S/C9H20O2S/c10-6-4-2-1-3-5-7-11-8-9-12/h10,12H,1-9H2. The van der Waals surface area contributed by atoms with Gasteiger partial charge in [0, 0.05) is 19.0 Å². The van der Waals surface area contributed by atoms with E-state index in [0.29, 0.717) is 6.61 Å². The van der Waals surface area contributed by atoms with Crippen molar-refractivity contribution in [2.45, 2.75) is 32.1 Å². The third-order valence-corrected chi connectivity index (χ3v) is 1.86. The predicted octanol–water partition coefficient (Wildman–Crippen LogP) is 1.88. The molecule has 0 atom stereocenters. The third kappa shape index (κ3) is 10.3. The molecule has 3 heteroatoms. The lowest BCUT2D eigenvalue weighted by atomic mass is 10.1. The van der Waals surface area contributed by atoms with Crippen LogP contribution in [0.5, 0.6) is 0 Å². The molecule has 0 fully saturated rings. The van der Waals surface area contributed by atoms with Crippen molar-refractivity contribution in [2.24, 2.45) is 0 Å². The van der Waals surface area contributed by atoms with Crippen molar-refractivity contribution in [3.8, 4) is 0 Å². The van der Waals surface area contributed by atoms with E-state index in [9.17, 15) is 0 Å². The maximum Gasteiger partial charge on any atom is 0.0554 e. The average molecular weight is 192 g/mol. The van der Waals surface area contributed by atoms with Crippen molar-refractivity contribution in [1.82, 2.24) is 0 Å². The van der Waals surface area contributed by atoms with Crippen molar-refractivity contribution in [2.75, 3.05) is 25.6 Å². The summed E-state index contributed by atoms with van der Waals surface area (Å²) in [4.78, 5) is 0. The number of rotatable bonds is 9. The quantitative estimate of drug-likeness (QED) is 0.431. The van der Waals surface area contributed by atoms with Crippen molar-refractivity contribution in [3.63, 3.8) is 0 Å². The van der Waals surface area contributed by atoms with E-state index < -0.39 is 0 Å². The van der Waals surface area contributed by atoms with Gasteiger partial charge in [-0.15, -0.1) is 0 Å². The van der Waals surface area contributed by atoms with Gasteiger partial charge in [-0.3, -0.25) is 0 Å². The van der Waals surface area contributed by atoms with Crippen molar-refractivity contribution in [3.05, 3.63) is 0 Å². The fraction of sp³-hybridized carbons (Fsp3) is 1.00. The summed E-state index contributed by atoms with van der Waals surface area (Å²) < 4.78 is 5.26. The van der Waals surface area contributed by atoms with Crippen molar-refractivity contribution < 1.29 is 9.84 Å². The first kappa shape index (κ1) is 12.3. The summed E-state index contributed by atoms with van der Waals surface area (Å²) in [6.45, 7) is 1.95. The Morgan fingerprint density at radius 3 is 2.25 bits per heavy atom. The molecule has 0 unspecified atom stereocenters. The summed E-state index contributed by atoms with van der Waals surface area (Å²) in [6.07, 6.45) is 5.65. The molecule has 0 aliphatic rings. The predicted molar refractivity (Wildman–Crippen MR) is 54.8 cm³/mol. The fourth-order valence-corrected chi connectivity index (χ4v) is 1.14. The van der Waals surface area contributed by atoms with Crippen LogP contribution in [0.15, 0.2) is 0 Å². The molecule has 0 spiro atoms. The SMILES string of the molecule is OCCCCCCCOCCS. The van der Waals surface area contributed by atoms with E-state index in [0.717, 1.165) is 38.2 Å². The van der Waals surface area contributed by atoms with Crippen LogP contribution in [-0.4, -0.2) is 30.7 Å². The van der Waals surface area contributed by atoms with Crippen molar-refractivity contribution >= 4 is 12.6 Å². The third-order valence-electron chi connectivity index (χ3n) is 1.68.